The van der Waals surface area contributed by atoms with Crippen LogP contribution >= 0.6 is 0 Å². The lowest BCUT2D eigenvalue weighted by Crippen LogP contribution is -2.57. The second-order valence-corrected chi connectivity index (χ2v) is 9.12. The summed E-state index contributed by atoms with van der Waals surface area (Å²) in [5, 5.41) is 35.5. The molecule has 6 rings (SSSR count). The highest BCUT2D eigenvalue weighted by Gasteiger charge is 2.46. The van der Waals surface area contributed by atoms with Crippen molar-refractivity contribution in [3.63, 3.8) is 0 Å². The number of carbonyl (C=O) groups excluding carboxylic acids is 1. The van der Waals surface area contributed by atoms with E-state index >= 15 is 0 Å². The molecule has 0 aliphatic carbocycles. The van der Waals surface area contributed by atoms with E-state index in [1.54, 1.807) is 0 Å². The lowest BCUT2D eigenvalue weighted by Gasteiger charge is -2.42. The molecule has 1 aliphatic heterocycles. The summed E-state index contributed by atoms with van der Waals surface area (Å²) in [5.41, 5.74) is 4.57. The molecule has 0 unspecified atom stereocenters. The van der Waals surface area contributed by atoms with Gasteiger partial charge in [-0.1, -0.05) is 36.4 Å². The third-order valence-corrected chi connectivity index (χ3v) is 7.39. The number of hydrogen-bond donors (Lipinski definition) is 4. The van der Waals surface area contributed by atoms with Crippen LogP contribution in [0, 0.1) is 6.92 Å². The van der Waals surface area contributed by atoms with Gasteiger partial charge in [0.05, 0.1) is 23.2 Å². The summed E-state index contributed by atoms with van der Waals surface area (Å²) >= 11 is 0. The van der Waals surface area contributed by atoms with E-state index in [2.05, 4.69) is 4.98 Å². The maximum atomic E-state index is 12.5. The molecule has 0 saturated carbocycles. The molecule has 2 aromatic heterocycles. The monoisotopic (exact) mass is 474 g/mol. The van der Waals surface area contributed by atoms with Crippen molar-refractivity contribution in [1.29, 1.82) is 0 Å². The van der Waals surface area contributed by atoms with Crippen LogP contribution in [0.25, 0.3) is 43.6 Å². The van der Waals surface area contributed by atoms with Crippen LogP contribution in [-0.2, 0) is 9.47 Å². The normalized spacial score (nSPS) is 25.2. The number of nitrogens with one attached hydrogen (secondary N) is 1. The second kappa shape index (κ2) is 8.15. The van der Waals surface area contributed by atoms with Crippen molar-refractivity contribution >= 4 is 49.9 Å². The van der Waals surface area contributed by atoms with Crippen molar-refractivity contribution in [3.8, 4) is 0 Å². The summed E-state index contributed by atoms with van der Waals surface area (Å²) < 4.78 is 13.3. The Bertz CT molecular complexity index is 1600. The number of fused-ring (bicyclic) bond motifs is 7. The molecule has 1 fully saturated rings. The maximum Gasteiger partial charge on any atom is 0.163 e. The Morgan fingerprint density at radius 1 is 1.06 bits per heavy atom. The van der Waals surface area contributed by atoms with Gasteiger partial charge in [0.1, 0.15) is 24.4 Å². The van der Waals surface area contributed by atoms with Crippen LogP contribution < -0.4 is 0 Å². The van der Waals surface area contributed by atoms with Crippen LogP contribution in [0.2, 0.25) is 0 Å². The lowest BCUT2D eigenvalue weighted by atomic mass is 9.96. The zero-order valence-electron chi connectivity index (χ0n) is 19.3. The summed E-state index contributed by atoms with van der Waals surface area (Å²) in [6.45, 7) is 1.55. The molecule has 0 spiro atoms. The fraction of sp³-hybridized carbons (Fsp3) is 0.296. The van der Waals surface area contributed by atoms with Crippen molar-refractivity contribution in [2.24, 2.45) is 0 Å². The summed E-state index contributed by atoms with van der Waals surface area (Å²) in [6.07, 6.45) is -4.54. The second-order valence-electron chi connectivity index (χ2n) is 9.12. The van der Waals surface area contributed by atoms with Crippen molar-refractivity contribution in [2.45, 2.75) is 37.6 Å². The lowest BCUT2D eigenvalue weighted by molar-refractivity contribution is -0.255. The standard InChI is InChI=1S/C27H26N2O6/c1-13-16(11-30)21-15-8-4-6-10-18(15)29(27-25(33)24(32)26(34-2)19(12-31)35-27)23(21)22-20(13)14-7-3-5-9-17(14)28-22/h3-11,19,24-28,31-33H,12H2,1-2H3/t19-,24-,25-,26-,27-/m1/s1. The number of aromatic nitrogens is 2. The Kier molecular flexibility index (Phi) is 5.17. The quantitative estimate of drug-likeness (QED) is 0.297. The number of nitrogens with zero attached hydrogens (tertiary/aromatic N) is 1. The van der Waals surface area contributed by atoms with E-state index in [9.17, 15) is 20.1 Å². The zero-order chi connectivity index (χ0) is 24.4. The first-order valence-corrected chi connectivity index (χ1v) is 11.6. The number of carbonyl (C=O) groups is 1. The number of para-hydroxylation sites is 2. The van der Waals surface area contributed by atoms with Gasteiger partial charge in [0.25, 0.3) is 0 Å². The van der Waals surface area contributed by atoms with Crippen LogP contribution in [-0.4, -0.2) is 69.3 Å². The third kappa shape index (κ3) is 2.95. The SMILES string of the molecule is CO[C@H]1[C@H](O)[C@@H](O)[C@H](n2c3ccccc3c3c(C=O)c(C)c4c5ccccc5[nH]c4c32)O[C@@H]1CO. The number of aliphatic hydroxyl groups is 3. The van der Waals surface area contributed by atoms with E-state index in [1.807, 2.05) is 60.0 Å². The van der Waals surface area contributed by atoms with Gasteiger partial charge < -0.3 is 34.3 Å². The highest BCUT2D eigenvalue weighted by atomic mass is 16.6. The highest BCUT2D eigenvalue weighted by Crippen LogP contribution is 2.44. The molecule has 3 heterocycles. The van der Waals surface area contributed by atoms with Gasteiger partial charge in [-0.05, 0) is 24.6 Å². The summed E-state index contributed by atoms with van der Waals surface area (Å²) in [7, 11) is 1.40. The largest absolute Gasteiger partial charge is 0.394 e. The van der Waals surface area contributed by atoms with Crippen LogP contribution in [0.1, 0.15) is 22.1 Å². The average molecular weight is 475 g/mol. The fourth-order valence-corrected chi connectivity index (χ4v) is 5.80. The predicted molar refractivity (Wildman–Crippen MR) is 133 cm³/mol. The fourth-order valence-electron chi connectivity index (χ4n) is 5.80. The van der Waals surface area contributed by atoms with E-state index < -0.39 is 37.3 Å². The number of H-pyrrole nitrogens is 1. The van der Waals surface area contributed by atoms with E-state index in [4.69, 9.17) is 9.47 Å². The van der Waals surface area contributed by atoms with Gasteiger partial charge in [-0.15, -0.1) is 0 Å². The summed E-state index contributed by atoms with van der Waals surface area (Å²) in [4.78, 5) is 16.0. The topological polar surface area (TPSA) is 117 Å². The molecule has 0 amide bonds. The van der Waals surface area contributed by atoms with Crippen LogP contribution in [0.15, 0.2) is 48.5 Å². The molecule has 4 N–H and O–H groups in total. The Hall–Kier alpha value is -3.27. The van der Waals surface area contributed by atoms with E-state index in [1.165, 1.54) is 7.11 Å². The van der Waals surface area contributed by atoms with E-state index in [0.29, 0.717) is 11.1 Å². The van der Waals surface area contributed by atoms with Crippen molar-refractivity contribution in [3.05, 3.63) is 59.7 Å². The number of rotatable bonds is 4. The number of aliphatic hydroxyl groups excluding tert-OH is 3. The van der Waals surface area contributed by atoms with Crippen LogP contribution in [0.4, 0.5) is 0 Å². The molecule has 8 heteroatoms. The molecular formula is C27H26N2O6. The molecule has 35 heavy (non-hydrogen) atoms. The Morgan fingerprint density at radius 2 is 1.77 bits per heavy atom. The minimum atomic E-state index is -1.35. The molecule has 1 aliphatic rings. The van der Waals surface area contributed by atoms with Crippen LogP contribution in [0.5, 0.6) is 0 Å². The average Bonchev–Trinajstić information content (AvgIpc) is 3.43. The van der Waals surface area contributed by atoms with Gasteiger partial charge in [0, 0.05) is 39.7 Å². The van der Waals surface area contributed by atoms with Gasteiger partial charge in [0.2, 0.25) is 0 Å². The van der Waals surface area contributed by atoms with Gasteiger partial charge in [-0.25, -0.2) is 0 Å². The smallest absolute Gasteiger partial charge is 0.163 e. The molecule has 5 aromatic rings. The summed E-state index contributed by atoms with van der Waals surface area (Å²) in [5.74, 6) is 0. The zero-order valence-corrected chi connectivity index (χ0v) is 19.3. The molecule has 180 valence electrons. The Balaban J connectivity index is 1.78. The first-order chi connectivity index (χ1) is 17.0. The van der Waals surface area contributed by atoms with Crippen LogP contribution in [0.3, 0.4) is 0 Å². The minimum absolute atomic E-state index is 0.392. The van der Waals surface area contributed by atoms with Gasteiger partial charge in [-0.3, -0.25) is 4.79 Å². The van der Waals surface area contributed by atoms with Crippen molar-refractivity contribution in [1.82, 2.24) is 9.55 Å². The number of ether oxygens (including phenoxy) is 2. The number of aromatic amines is 1. The minimum Gasteiger partial charge on any atom is -0.394 e. The number of benzene rings is 3. The Morgan fingerprint density at radius 3 is 2.49 bits per heavy atom. The predicted octanol–water partition coefficient (Wildman–Crippen LogP) is 3.18. The molecule has 1 saturated heterocycles. The first kappa shape index (κ1) is 22.2. The number of aldehydes is 1. The molecule has 0 bridgehead atoms. The molecule has 0 radical (unpaired) electrons. The third-order valence-electron chi connectivity index (χ3n) is 7.39. The first-order valence-electron chi connectivity index (χ1n) is 11.6. The van der Waals surface area contributed by atoms with Crippen molar-refractivity contribution in [2.75, 3.05) is 13.7 Å². The van der Waals surface area contributed by atoms with Gasteiger partial charge in [0.15, 0.2) is 12.5 Å². The number of methoxy groups -OCH3 is 1. The summed E-state index contributed by atoms with van der Waals surface area (Å²) in [6, 6.07) is 15.5. The number of aryl methyl sites for hydroxylation is 1. The van der Waals surface area contributed by atoms with Gasteiger partial charge >= 0.3 is 0 Å². The van der Waals surface area contributed by atoms with Crippen molar-refractivity contribution < 1.29 is 29.6 Å². The molecular weight excluding hydrogens is 448 g/mol. The van der Waals surface area contributed by atoms with E-state index in [-0.39, 0.29) is 0 Å². The molecule has 3 aromatic carbocycles. The highest BCUT2D eigenvalue weighted by molar-refractivity contribution is 6.27. The molecule has 5 atom stereocenters. The Labute approximate surface area is 200 Å². The maximum absolute atomic E-state index is 12.5. The number of hydrogen-bond acceptors (Lipinski definition) is 6. The van der Waals surface area contributed by atoms with E-state index in [0.717, 1.165) is 49.9 Å². The molecule has 8 nitrogen and oxygen atoms in total. The van der Waals surface area contributed by atoms with Gasteiger partial charge in [-0.2, -0.15) is 0 Å².